The molecule has 5 nitrogen and oxygen atoms in total. The number of rotatable bonds is 5. The molecule has 1 aromatic carbocycles. The summed E-state index contributed by atoms with van der Waals surface area (Å²) in [6.07, 6.45) is 0. The quantitative estimate of drug-likeness (QED) is 0.759. The van der Waals surface area contributed by atoms with Gasteiger partial charge in [0.15, 0.2) is 0 Å². The Hall–Kier alpha value is -1.42. The molecule has 0 aliphatic heterocycles. The molecule has 0 radical (unpaired) electrons. The van der Waals surface area contributed by atoms with Crippen molar-refractivity contribution >= 4 is 10.0 Å². The normalized spacial score (nSPS) is 11.0. The van der Waals surface area contributed by atoms with Gasteiger partial charge in [-0.2, -0.15) is 5.26 Å². The predicted molar refractivity (Wildman–Crippen MR) is 58.2 cm³/mol. The van der Waals surface area contributed by atoms with E-state index in [4.69, 9.17) is 10.00 Å². The molecule has 0 aliphatic rings. The Bertz CT molecular complexity index is 474. The lowest BCUT2D eigenvalue weighted by Crippen LogP contribution is -2.27. The molecule has 6 heteroatoms. The summed E-state index contributed by atoms with van der Waals surface area (Å²) in [5.41, 5.74) is 0.427. The van der Waals surface area contributed by atoms with Gasteiger partial charge in [0, 0.05) is 13.7 Å². The first-order chi connectivity index (χ1) is 7.60. The van der Waals surface area contributed by atoms with Crippen molar-refractivity contribution in [1.29, 1.82) is 5.26 Å². The van der Waals surface area contributed by atoms with Crippen LogP contribution in [0.1, 0.15) is 5.56 Å². The van der Waals surface area contributed by atoms with Crippen LogP contribution in [0.3, 0.4) is 0 Å². The molecule has 0 fully saturated rings. The van der Waals surface area contributed by atoms with Crippen LogP contribution in [0.25, 0.3) is 0 Å². The molecule has 0 amide bonds. The number of benzene rings is 1. The lowest BCUT2D eigenvalue weighted by atomic mass is 10.2. The number of ether oxygens (including phenoxy) is 1. The number of hydrogen-bond acceptors (Lipinski definition) is 4. The first-order valence-corrected chi connectivity index (χ1v) is 6.07. The van der Waals surface area contributed by atoms with Crippen LogP contribution < -0.4 is 4.72 Å². The smallest absolute Gasteiger partial charge is 0.240 e. The molecule has 1 aromatic rings. The van der Waals surface area contributed by atoms with E-state index < -0.39 is 10.0 Å². The topological polar surface area (TPSA) is 79.2 Å². The lowest BCUT2D eigenvalue weighted by molar-refractivity contribution is 0.204. The minimum atomic E-state index is -3.50. The van der Waals surface area contributed by atoms with E-state index in [0.717, 1.165) is 0 Å². The van der Waals surface area contributed by atoms with Gasteiger partial charge in [-0.25, -0.2) is 13.1 Å². The molecule has 86 valence electrons. The van der Waals surface area contributed by atoms with Crippen LogP contribution in [0.5, 0.6) is 0 Å². The Labute approximate surface area is 94.7 Å². The van der Waals surface area contributed by atoms with Gasteiger partial charge in [0.2, 0.25) is 10.0 Å². The minimum Gasteiger partial charge on any atom is -0.383 e. The molecule has 1 N–H and O–H groups in total. The van der Waals surface area contributed by atoms with E-state index in [0.29, 0.717) is 12.2 Å². The van der Waals surface area contributed by atoms with E-state index in [1.165, 1.54) is 31.4 Å². The summed E-state index contributed by atoms with van der Waals surface area (Å²) in [5, 5.41) is 8.57. The fourth-order valence-electron chi connectivity index (χ4n) is 1.07. The van der Waals surface area contributed by atoms with Gasteiger partial charge in [0.05, 0.1) is 23.1 Å². The Morgan fingerprint density at radius 3 is 2.50 bits per heavy atom. The van der Waals surface area contributed by atoms with Crippen LogP contribution >= 0.6 is 0 Å². The third kappa shape index (κ3) is 3.31. The molecule has 1 rings (SSSR count). The van der Waals surface area contributed by atoms with E-state index in [9.17, 15) is 8.42 Å². The monoisotopic (exact) mass is 240 g/mol. The summed E-state index contributed by atoms with van der Waals surface area (Å²) in [7, 11) is -2.00. The zero-order valence-electron chi connectivity index (χ0n) is 8.80. The highest BCUT2D eigenvalue weighted by molar-refractivity contribution is 7.89. The molecule has 0 aliphatic carbocycles. The highest BCUT2D eigenvalue weighted by Crippen LogP contribution is 2.09. The summed E-state index contributed by atoms with van der Waals surface area (Å²) in [6, 6.07) is 7.64. The molecule has 0 heterocycles. The van der Waals surface area contributed by atoms with Gasteiger partial charge in [-0.05, 0) is 24.3 Å². The van der Waals surface area contributed by atoms with Crippen molar-refractivity contribution in [3.63, 3.8) is 0 Å². The average Bonchev–Trinajstić information content (AvgIpc) is 2.29. The van der Waals surface area contributed by atoms with Crippen LogP contribution in [0.15, 0.2) is 29.2 Å². The largest absolute Gasteiger partial charge is 0.383 e. The van der Waals surface area contributed by atoms with Crippen molar-refractivity contribution in [3.05, 3.63) is 29.8 Å². The molecule has 16 heavy (non-hydrogen) atoms. The third-order valence-electron chi connectivity index (χ3n) is 1.89. The highest BCUT2D eigenvalue weighted by Gasteiger charge is 2.12. The standard InChI is InChI=1S/C10H12N2O3S/c1-15-7-6-12-16(13,14)10-4-2-9(8-11)3-5-10/h2-5,12H,6-7H2,1H3. The first-order valence-electron chi connectivity index (χ1n) is 4.59. The number of hydrogen-bond donors (Lipinski definition) is 1. The van der Waals surface area contributed by atoms with Crippen LogP contribution in [0.4, 0.5) is 0 Å². The van der Waals surface area contributed by atoms with Crippen molar-refractivity contribution in [1.82, 2.24) is 4.72 Å². The Kier molecular flexibility index (Phi) is 4.43. The summed E-state index contributed by atoms with van der Waals surface area (Å²) in [6.45, 7) is 0.536. The maximum absolute atomic E-state index is 11.7. The molecular weight excluding hydrogens is 228 g/mol. The van der Waals surface area contributed by atoms with E-state index in [1.54, 1.807) is 0 Å². The second-order valence-electron chi connectivity index (χ2n) is 3.03. The third-order valence-corrected chi connectivity index (χ3v) is 3.37. The fraction of sp³-hybridized carbons (Fsp3) is 0.300. The SMILES string of the molecule is COCCNS(=O)(=O)c1ccc(C#N)cc1. The number of nitriles is 1. The lowest BCUT2D eigenvalue weighted by Gasteiger charge is -2.05. The van der Waals surface area contributed by atoms with E-state index >= 15 is 0 Å². The molecule has 0 spiro atoms. The molecule has 0 saturated carbocycles. The number of nitrogens with zero attached hydrogens (tertiary/aromatic N) is 1. The van der Waals surface area contributed by atoms with Crippen molar-refractivity contribution in [2.45, 2.75) is 4.90 Å². The Balaban J connectivity index is 2.79. The molecule has 0 saturated heterocycles. The summed E-state index contributed by atoms with van der Waals surface area (Å²) in [5.74, 6) is 0. The summed E-state index contributed by atoms with van der Waals surface area (Å²) >= 11 is 0. The van der Waals surface area contributed by atoms with Gasteiger partial charge >= 0.3 is 0 Å². The molecule has 0 unspecified atom stereocenters. The van der Waals surface area contributed by atoms with Crippen molar-refractivity contribution in [2.24, 2.45) is 0 Å². The maximum atomic E-state index is 11.7. The van der Waals surface area contributed by atoms with Crippen molar-refractivity contribution in [3.8, 4) is 6.07 Å². The fourth-order valence-corrected chi connectivity index (χ4v) is 2.08. The van der Waals surface area contributed by atoms with Gasteiger partial charge in [-0.15, -0.1) is 0 Å². The van der Waals surface area contributed by atoms with Gasteiger partial charge in [0.25, 0.3) is 0 Å². The maximum Gasteiger partial charge on any atom is 0.240 e. The van der Waals surface area contributed by atoms with Gasteiger partial charge in [-0.1, -0.05) is 0 Å². The summed E-state index contributed by atoms with van der Waals surface area (Å²) in [4.78, 5) is 0.141. The van der Waals surface area contributed by atoms with Crippen molar-refractivity contribution < 1.29 is 13.2 Å². The highest BCUT2D eigenvalue weighted by atomic mass is 32.2. The van der Waals surface area contributed by atoms with Crippen LogP contribution in [-0.4, -0.2) is 28.7 Å². The molecule has 0 aromatic heterocycles. The Morgan fingerprint density at radius 1 is 1.38 bits per heavy atom. The summed E-state index contributed by atoms with van der Waals surface area (Å²) < 4.78 is 30.4. The van der Waals surface area contributed by atoms with Crippen LogP contribution in [0.2, 0.25) is 0 Å². The van der Waals surface area contributed by atoms with Crippen LogP contribution in [0, 0.1) is 11.3 Å². The Morgan fingerprint density at radius 2 is 2.00 bits per heavy atom. The van der Waals surface area contributed by atoms with Gasteiger partial charge in [-0.3, -0.25) is 0 Å². The molecule has 0 atom stereocenters. The van der Waals surface area contributed by atoms with E-state index in [1.807, 2.05) is 6.07 Å². The minimum absolute atomic E-state index is 0.141. The number of nitrogens with one attached hydrogen (secondary N) is 1. The van der Waals surface area contributed by atoms with E-state index in [-0.39, 0.29) is 11.4 Å². The first kappa shape index (κ1) is 12.6. The molecular formula is C10H12N2O3S. The zero-order valence-corrected chi connectivity index (χ0v) is 9.62. The van der Waals surface area contributed by atoms with Gasteiger partial charge < -0.3 is 4.74 Å². The predicted octanol–water partition coefficient (Wildman–Crippen LogP) is 0.483. The number of methoxy groups -OCH3 is 1. The second kappa shape index (κ2) is 5.61. The van der Waals surface area contributed by atoms with E-state index in [2.05, 4.69) is 4.72 Å². The second-order valence-corrected chi connectivity index (χ2v) is 4.79. The molecule has 0 bridgehead atoms. The van der Waals surface area contributed by atoms with Crippen LogP contribution in [-0.2, 0) is 14.8 Å². The zero-order chi connectivity index (χ0) is 12.0. The van der Waals surface area contributed by atoms with Crippen molar-refractivity contribution in [2.75, 3.05) is 20.3 Å². The van der Waals surface area contributed by atoms with Gasteiger partial charge in [0.1, 0.15) is 0 Å². The number of sulfonamides is 1. The average molecular weight is 240 g/mol.